The van der Waals surface area contributed by atoms with Crippen LogP contribution in [0.4, 0.5) is 11.9 Å². The van der Waals surface area contributed by atoms with Gasteiger partial charge in [0.15, 0.2) is 0 Å². The maximum absolute atomic E-state index is 5.39. The van der Waals surface area contributed by atoms with E-state index in [-0.39, 0.29) is 6.01 Å². The third-order valence-electron chi connectivity index (χ3n) is 2.60. The summed E-state index contributed by atoms with van der Waals surface area (Å²) in [6.45, 7) is 7.12. The minimum atomic E-state index is 0.288. The first-order valence-corrected chi connectivity index (χ1v) is 6.85. The van der Waals surface area contributed by atoms with Crippen molar-refractivity contribution in [1.82, 2.24) is 19.9 Å². The molecule has 0 aliphatic rings. The highest BCUT2D eigenvalue weighted by atomic mass is 16.5. The van der Waals surface area contributed by atoms with Crippen LogP contribution < -0.4 is 20.9 Å². The molecule has 0 saturated carbocycles. The van der Waals surface area contributed by atoms with Gasteiger partial charge in [-0.25, -0.2) is 5.84 Å². The Morgan fingerprint density at radius 1 is 1.10 bits per heavy atom. The molecular weight excluding hydrogens is 258 g/mol. The number of nitrogens with zero attached hydrogens (tertiary/aromatic N) is 5. The van der Waals surface area contributed by atoms with Crippen LogP contribution in [0.5, 0.6) is 6.01 Å². The number of hydrogen-bond acceptors (Lipinski definition) is 8. The van der Waals surface area contributed by atoms with Gasteiger partial charge in [0.05, 0.1) is 6.61 Å². The lowest BCUT2D eigenvalue weighted by Gasteiger charge is -2.24. The van der Waals surface area contributed by atoms with E-state index in [4.69, 9.17) is 10.6 Å². The predicted octanol–water partition coefficient (Wildman–Crippen LogP) is 0.334. The van der Waals surface area contributed by atoms with Gasteiger partial charge in [0, 0.05) is 19.6 Å². The van der Waals surface area contributed by atoms with Crippen LogP contribution in [0.15, 0.2) is 0 Å². The highest BCUT2D eigenvalue weighted by molar-refractivity contribution is 5.37. The van der Waals surface area contributed by atoms with E-state index in [1.54, 1.807) is 0 Å². The Morgan fingerprint density at radius 2 is 1.85 bits per heavy atom. The summed E-state index contributed by atoms with van der Waals surface area (Å²) in [5, 5.41) is 0. The second-order valence-electron chi connectivity index (χ2n) is 4.61. The molecule has 0 aliphatic carbocycles. The van der Waals surface area contributed by atoms with Crippen molar-refractivity contribution < 1.29 is 4.74 Å². The van der Waals surface area contributed by atoms with Gasteiger partial charge in [-0.2, -0.15) is 15.0 Å². The zero-order chi connectivity index (χ0) is 15.0. The van der Waals surface area contributed by atoms with Crippen LogP contribution in [0.2, 0.25) is 0 Å². The lowest BCUT2D eigenvalue weighted by molar-refractivity contribution is 0.311. The quantitative estimate of drug-likeness (QED) is 0.495. The van der Waals surface area contributed by atoms with Crippen LogP contribution in [0.1, 0.15) is 20.3 Å². The van der Waals surface area contributed by atoms with Crippen molar-refractivity contribution >= 4 is 11.9 Å². The summed E-state index contributed by atoms with van der Waals surface area (Å²) in [6.07, 6.45) is 1.01. The van der Waals surface area contributed by atoms with Crippen molar-refractivity contribution in [1.29, 1.82) is 0 Å². The molecule has 1 rings (SSSR count). The van der Waals surface area contributed by atoms with Gasteiger partial charge in [-0.1, -0.05) is 6.92 Å². The van der Waals surface area contributed by atoms with Crippen molar-refractivity contribution in [3.05, 3.63) is 0 Å². The second-order valence-corrected chi connectivity index (χ2v) is 4.61. The van der Waals surface area contributed by atoms with Gasteiger partial charge in [-0.15, -0.1) is 0 Å². The van der Waals surface area contributed by atoms with Crippen molar-refractivity contribution in [2.75, 3.05) is 50.7 Å². The first-order valence-electron chi connectivity index (χ1n) is 6.85. The summed E-state index contributed by atoms with van der Waals surface area (Å²) < 4.78 is 5.35. The van der Waals surface area contributed by atoms with E-state index in [2.05, 4.69) is 37.1 Å². The molecule has 0 amide bonds. The van der Waals surface area contributed by atoms with Crippen LogP contribution in [-0.4, -0.2) is 60.2 Å². The lowest BCUT2D eigenvalue weighted by atomic mass is 10.4. The number of nitrogen functional groups attached to an aromatic ring is 1. The number of rotatable bonds is 9. The standard InChI is InChI=1S/C12H25N7O/c1-5-7-19(9-8-18(3)4)11-14-10(17-13)15-12(16-11)20-6-2/h5-9,13H2,1-4H3,(H,14,15,16,17). The van der Waals surface area contributed by atoms with Gasteiger partial charge < -0.3 is 14.5 Å². The van der Waals surface area contributed by atoms with E-state index in [1.165, 1.54) is 0 Å². The van der Waals surface area contributed by atoms with E-state index in [1.807, 2.05) is 21.0 Å². The number of nitrogens with two attached hydrogens (primary N) is 1. The van der Waals surface area contributed by atoms with Gasteiger partial charge >= 0.3 is 6.01 Å². The third-order valence-corrected chi connectivity index (χ3v) is 2.60. The van der Waals surface area contributed by atoms with Gasteiger partial charge in [0.1, 0.15) is 0 Å². The first kappa shape index (κ1) is 16.4. The fourth-order valence-electron chi connectivity index (χ4n) is 1.65. The molecule has 0 fully saturated rings. The molecular formula is C12H25N7O. The number of hydrazine groups is 1. The molecule has 8 heteroatoms. The Labute approximate surface area is 120 Å². The summed E-state index contributed by atoms with van der Waals surface area (Å²) in [6, 6.07) is 0.288. The Hall–Kier alpha value is -1.67. The highest BCUT2D eigenvalue weighted by Gasteiger charge is 2.13. The number of nitrogens with one attached hydrogen (secondary N) is 1. The fourth-order valence-corrected chi connectivity index (χ4v) is 1.65. The molecule has 8 nitrogen and oxygen atoms in total. The van der Waals surface area contributed by atoms with E-state index in [9.17, 15) is 0 Å². The molecule has 20 heavy (non-hydrogen) atoms. The second kappa shape index (κ2) is 8.49. The topological polar surface area (TPSA) is 92.4 Å². The predicted molar refractivity (Wildman–Crippen MR) is 79.9 cm³/mol. The minimum Gasteiger partial charge on any atom is -0.464 e. The van der Waals surface area contributed by atoms with Crippen LogP contribution in [0.25, 0.3) is 0 Å². The maximum atomic E-state index is 5.39. The summed E-state index contributed by atoms with van der Waals surface area (Å²) in [7, 11) is 4.08. The fraction of sp³-hybridized carbons (Fsp3) is 0.750. The summed E-state index contributed by atoms with van der Waals surface area (Å²) in [5.41, 5.74) is 2.45. The number of hydrogen-bond donors (Lipinski definition) is 2. The van der Waals surface area contributed by atoms with Crippen molar-refractivity contribution in [3.8, 4) is 6.01 Å². The molecule has 114 valence electrons. The van der Waals surface area contributed by atoms with E-state index in [0.717, 1.165) is 26.1 Å². The largest absolute Gasteiger partial charge is 0.464 e. The van der Waals surface area contributed by atoms with Crippen molar-refractivity contribution in [3.63, 3.8) is 0 Å². The van der Waals surface area contributed by atoms with Crippen LogP contribution in [-0.2, 0) is 0 Å². The summed E-state index contributed by atoms with van der Waals surface area (Å²) in [4.78, 5) is 16.9. The Kier molecular flexibility index (Phi) is 6.96. The number of likely N-dealkylation sites (N-methyl/N-ethyl adjacent to an activating group) is 1. The zero-order valence-electron chi connectivity index (χ0n) is 12.8. The number of ether oxygens (including phenoxy) is 1. The highest BCUT2D eigenvalue weighted by Crippen LogP contribution is 2.15. The average Bonchev–Trinajstić information content (AvgIpc) is 2.43. The van der Waals surface area contributed by atoms with Crippen molar-refractivity contribution in [2.24, 2.45) is 5.84 Å². The molecule has 3 N–H and O–H groups in total. The first-order chi connectivity index (χ1) is 9.60. The van der Waals surface area contributed by atoms with Crippen LogP contribution in [0, 0.1) is 0 Å². The smallest absolute Gasteiger partial charge is 0.323 e. The molecule has 1 heterocycles. The molecule has 0 spiro atoms. The van der Waals surface area contributed by atoms with Crippen molar-refractivity contribution in [2.45, 2.75) is 20.3 Å². The monoisotopic (exact) mass is 283 g/mol. The Bertz CT molecular complexity index is 399. The van der Waals surface area contributed by atoms with Crippen LogP contribution >= 0.6 is 0 Å². The number of anilines is 2. The van der Waals surface area contributed by atoms with E-state index in [0.29, 0.717) is 18.5 Å². The Balaban J connectivity index is 2.94. The van der Waals surface area contributed by atoms with Crippen LogP contribution in [0.3, 0.4) is 0 Å². The molecule has 0 atom stereocenters. The molecule has 1 aromatic rings. The Morgan fingerprint density at radius 3 is 2.40 bits per heavy atom. The van der Waals surface area contributed by atoms with Gasteiger partial charge in [0.25, 0.3) is 0 Å². The molecule has 0 bridgehead atoms. The van der Waals surface area contributed by atoms with Gasteiger partial charge in [0.2, 0.25) is 11.9 Å². The molecule has 0 aromatic carbocycles. The number of aromatic nitrogens is 3. The molecule has 0 radical (unpaired) electrons. The lowest BCUT2D eigenvalue weighted by Crippen LogP contribution is -2.34. The normalized spacial score (nSPS) is 10.7. The summed E-state index contributed by atoms with van der Waals surface area (Å²) >= 11 is 0. The SMILES string of the molecule is CCCN(CCN(C)C)c1nc(NN)nc(OCC)n1. The maximum Gasteiger partial charge on any atom is 0.323 e. The average molecular weight is 283 g/mol. The van der Waals surface area contributed by atoms with Gasteiger partial charge in [-0.3, -0.25) is 5.43 Å². The molecule has 0 aliphatic heterocycles. The molecule has 0 unspecified atom stereocenters. The van der Waals surface area contributed by atoms with Gasteiger partial charge in [-0.05, 0) is 27.4 Å². The van der Waals surface area contributed by atoms with E-state index >= 15 is 0 Å². The summed E-state index contributed by atoms with van der Waals surface area (Å²) in [5.74, 6) is 6.29. The minimum absolute atomic E-state index is 0.288. The molecule has 0 saturated heterocycles. The zero-order valence-corrected chi connectivity index (χ0v) is 12.8. The van der Waals surface area contributed by atoms with E-state index < -0.39 is 0 Å². The molecule has 1 aromatic heterocycles. The third kappa shape index (κ3) is 5.14.